The van der Waals surface area contributed by atoms with Crippen molar-refractivity contribution in [3.63, 3.8) is 0 Å². The normalized spacial score (nSPS) is 60.9. The van der Waals surface area contributed by atoms with Crippen LogP contribution < -0.4 is 0 Å². The first kappa shape index (κ1) is 91.0. The van der Waals surface area contributed by atoms with Crippen LogP contribution in [0.2, 0.25) is 0 Å². The topological polar surface area (TPSA) is 0 Å². The Morgan fingerprint density at radius 3 is 1.23 bits per heavy atom. The van der Waals surface area contributed by atoms with Crippen LogP contribution in [0.15, 0.2) is 0 Å². The highest BCUT2D eigenvalue weighted by Gasteiger charge is 3.02. The third-order valence-corrected chi connectivity index (χ3v) is 57.7. The van der Waals surface area contributed by atoms with E-state index in [1.807, 2.05) is 0 Å². The summed E-state index contributed by atoms with van der Waals surface area (Å²) < 4.78 is 0. The van der Waals surface area contributed by atoms with Crippen LogP contribution in [0.1, 0.15) is 487 Å². The fourth-order valence-electron chi connectivity index (χ4n) is 53.0. The van der Waals surface area contributed by atoms with Crippen LogP contribution in [-0.4, -0.2) is 0 Å². The molecule has 0 radical (unpaired) electrons. The largest absolute Gasteiger partial charge is 0.0625 e. The van der Waals surface area contributed by atoms with Crippen LogP contribution in [0.5, 0.6) is 0 Å². The van der Waals surface area contributed by atoms with E-state index in [4.69, 9.17) is 0 Å². The molecule has 42 atom stereocenters. The van der Waals surface area contributed by atoms with Crippen LogP contribution in [0.3, 0.4) is 0 Å². The van der Waals surface area contributed by atoms with Gasteiger partial charge in [0.15, 0.2) is 0 Å². The molecule has 736 valence electrons. The molecule has 0 heterocycles. The Hall–Kier alpha value is 0. The van der Waals surface area contributed by atoms with Crippen LogP contribution in [0.25, 0.3) is 0 Å². The summed E-state index contributed by atoms with van der Waals surface area (Å²) in [7, 11) is 0. The molecule has 0 aromatic rings. The summed E-state index contributed by atoms with van der Waals surface area (Å²) >= 11 is 0. The van der Waals surface area contributed by atoms with Gasteiger partial charge in [0, 0.05) is 0 Å². The first-order chi connectivity index (χ1) is 63.9. The number of hydrogen-bond acceptors (Lipinski definition) is 0. The van der Waals surface area contributed by atoms with E-state index in [9.17, 15) is 0 Å². The Morgan fingerprint density at radius 1 is 0.183 bits per heavy atom. The average Bonchev–Trinajstić information content (AvgIpc) is 1.09. The Morgan fingerprint density at radius 2 is 0.611 bits per heavy atom. The average molecular weight is 1790 g/mol. The van der Waals surface area contributed by atoms with Crippen molar-refractivity contribution in [2.75, 3.05) is 0 Å². The molecule has 0 saturated heterocycles. The number of fused-ring (bicyclic) bond motifs is 18. The quantitative estimate of drug-likeness (QED) is 0.227. The zero-order chi connectivity index (χ0) is 88.0. The maximum atomic E-state index is 2.60. The number of hydrogen-bond donors (Lipinski definition) is 0. The minimum atomic E-state index is 0.821. The van der Waals surface area contributed by atoms with Crippen LogP contribution >= 0.6 is 0 Å². The third kappa shape index (κ3) is 14.8. The van der Waals surface area contributed by atoms with E-state index in [0.29, 0.717) is 0 Å². The van der Waals surface area contributed by atoms with Gasteiger partial charge in [-0.3, -0.25) is 0 Å². The van der Waals surface area contributed by atoms with Gasteiger partial charge in [-0.15, -0.1) is 0 Å². The van der Waals surface area contributed by atoms with E-state index in [-0.39, 0.29) is 0 Å². The minimum Gasteiger partial charge on any atom is -0.0625 e. The number of rotatable bonds is 0. The summed E-state index contributed by atoms with van der Waals surface area (Å²) in [5.41, 5.74) is 3.59. The second-order valence-corrected chi connectivity index (χ2v) is 61.6. The summed E-state index contributed by atoms with van der Waals surface area (Å²) in [4.78, 5) is 0. The van der Waals surface area contributed by atoms with Gasteiger partial charge in [0.05, 0.1) is 0 Å². The molecule has 33 unspecified atom stereocenters. The molecule has 1 spiro atoms. The van der Waals surface area contributed by atoms with Gasteiger partial charge in [-0.25, -0.2) is 0 Å². The molecule has 131 heavy (non-hydrogen) atoms. The predicted molar refractivity (Wildman–Crippen MR) is 548 cm³/mol. The SMILES string of the molecule is CC12C3C4C5C3C1C5C42.C[C@@H]1CC2CC1C1CCCC21.C[C@@H]1CC2CC1C1CCCCC21.C[C@@H]1CCC23CCCCC2(CCCC3)C1.C[C@@H]1CCC2CC3CCCCC3CC2C1.C[C@@H]1CCC2CCC3CCCC1C32.C[C@@H]1CCC2CCC3CCCCC3C2C1.C[C@@H]1CCCC2C3CCCCC3CC21.C[C@H]1C2CC3C4CC5CC3C1C(C5)C4C2.C[C@H]1CC2CC3CCC4CC1C342. The van der Waals surface area contributed by atoms with Gasteiger partial charge in [0.25, 0.3) is 0 Å². The lowest BCUT2D eigenvalue weighted by atomic mass is 8.97. The van der Waals surface area contributed by atoms with E-state index in [1.54, 1.807) is 327 Å². The highest BCUT2D eigenvalue weighted by molar-refractivity contribution is 5.49. The Labute approximate surface area is 810 Å². The van der Waals surface area contributed by atoms with Gasteiger partial charge >= 0.3 is 0 Å². The molecule has 0 nitrogen and oxygen atoms in total. The molecule has 0 amide bonds. The second kappa shape index (κ2) is 36.0. The molecule has 38 aliphatic rings. The molecule has 0 N–H and O–H groups in total. The fraction of sp³-hybridized carbons (Fsp3) is 1.00. The molecular formula is C131H212. The van der Waals surface area contributed by atoms with Crippen molar-refractivity contribution < 1.29 is 0 Å². The van der Waals surface area contributed by atoms with Gasteiger partial charge in [-0.2, -0.15) is 0 Å². The zero-order valence-electron chi connectivity index (χ0n) is 88.0. The van der Waals surface area contributed by atoms with Crippen molar-refractivity contribution in [3.8, 4) is 0 Å². The van der Waals surface area contributed by atoms with Gasteiger partial charge in [0.1, 0.15) is 0 Å². The lowest BCUT2D eigenvalue weighted by Gasteiger charge is -3.07. The summed E-state index contributed by atoms with van der Waals surface area (Å²) in [6, 6.07) is 0. The highest BCUT2D eigenvalue weighted by Crippen LogP contribution is 3.06. The lowest BCUT2D eigenvalue weighted by molar-refractivity contribution is -0.609. The highest BCUT2D eigenvalue weighted by atomic mass is 15.1. The summed E-state index contributed by atoms with van der Waals surface area (Å²) in [5, 5.41) is 0. The summed E-state index contributed by atoms with van der Waals surface area (Å²) in [5.74, 6) is 60.7. The van der Waals surface area contributed by atoms with Gasteiger partial charge in [0.2, 0.25) is 0 Å². The first-order valence-corrected chi connectivity index (χ1v) is 63.9. The maximum absolute atomic E-state index is 2.60. The van der Waals surface area contributed by atoms with Crippen LogP contribution in [-0.2, 0) is 0 Å². The van der Waals surface area contributed by atoms with Crippen molar-refractivity contribution in [2.45, 2.75) is 487 Å². The van der Waals surface area contributed by atoms with Crippen molar-refractivity contribution in [1.82, 2.24) is 0 Å². The standard InChI is InChI=1S/C15H22.3C15H26.C14H24.C13H22.C12H18.C12H20.C11H18.C9H10/c1-7-9-5-11-10-2-8-3-13(11)15(7)14(4-8)12(10)6-9;1-13-6-11-14-7-2-4-9-15(14,12-13)10-5-3-8-14;1-11-6-7-14-9-12-4-2-3-5-13(12)10-15(14)8-11;1-11-6-7-13-9-8-12-4-2-3-5-14(12)15(13)10-11;1-10-5-4-8-13-12-7-3-2-6-11(12)9-14(10)13;1-9-5-6-11-8-7-10-3-2-4-12(9)13(10)11;1-7-4-10-5-8-2-3-9-6-11(7)12(8,9)10;1-8-6-9-7-12(8)11-5-3-2-4-10(9)11;1-7-5-8-6-11(7)10-4-2-3-9(8)10;1-9-6-3-2-4(6)8(9)5(2)7(3)9/h7-15H,2-6H2,1H3;13H,2-12H2,1H3;2*11-15H,2-10H2,1H3;10-14H,2-9H2,1H3;9-13H,2-8H2,1H3;7-11H,2-6H2,1H3;8-12H,2-7H2,1H3;7-11H,2-6H2,1H3;2-8H,1H3/t7-,8?,9?,10?,11?,12?,13?,14?,15?;13-,14?,15?;2*11-,12?,13?,14?,15?;10-,11?,12?,13?,14?;9-,10?,11?,12?,13?;7-,8?,9?,10?,11?,12?;8-,9?,10?,11?,12?;7-,8?,9?,10?,11?;/m011111011./s1. The van der Waals surface area contributed by atoms with E-state index in [2.05, 4.69) is 69.2 Å². The molecule has 0 aromatic heterocycles. The predicted octanol–water partition coefficient (Wildman–Crippen LogP) is 36.9. The maximum Gasteiger partial charge on any atom is -0.0181 e. The van der Waals surface area contributed by atoms with E-state index in [0.717, 1.165) is 187 Å². The molecule has 38 rings (SSSR count). The van der Waals surface area contributed by atoms with Crippen LogP contribution in [0, 0.1) is 329 Å². The lowest BCUT2D eigenvalue weighted by Crippen LogP contribution is -3.04. The molecular weight excluding hydrogens is 1570 g/mol. The monoisotopic (exact) mass is 1790 g/mol. The minimum absolute atomic E-state index is 0.821. The van der Waals surface area contributed by atoms with Gasteiger partial charge < -0.3 is 0 Å². The molecule has 38 saturated carbocycles. The van der Waals surface area contributed by atoms with Gasteiger partial charge in [-0.05, 0) is 586 Å². The van der Waals surface area contributed by atoms with Gasteiger partial charge in [-0.1, -0.05) is 230 Å². The van der Waals surface area contributed by atoms with Crippen molar-refractivity contribution in [1.29, 1.82) is 0 Å². The smallest absolute Gasteiger partial charge is 0.0181 e. The summed E-state index contributed by atoms with van der Waals surface area (Å²) in [6.07, 6.45) is 102. The molecule has 38 aliphatic carbocycles. The zero-order valence-corrected chi connectivity index (χ0v) is 88.0. The van der Waals surface area contributed by atoms with Crippen molar-refractivity contribution in [2.24, 2.45) is 329 Å². The second-order valence-electron chi connectivity index (χ2n) is 61.6. The Balaban J connectivity index is 0.0000000766. The first-order valence-electron chi connectivity index (χ1n) is 63.9. The summed E-state index contributed by atoms with van der Waals surface area (Å²) in [6.45, 7) is 25.2. The molecule has 12 bridgehead atoms. The van der Waals surface area contributed by atoms with Crippen molar-refractivity contribution >= 4 is 0 Å². The van der Waals surface area contributed by atoms with E-state index < -0.39 is 0 Å². The molecule has 0 aromatic carbocycles. The Kier molecular flexibility index (Phi) is 25.0. The third-order valence-electron chi connectivity index (χ3n) is 57.7. The van der Waals surface area contributed by atoms with E-state index in [1.165, 1.54) is 232 Å². The Bertz CT molecular complexity index is 3770. The molecule has 0 heteroatoms. The van der Waals surface area contributed by atoms with Crippen molar-refractivity contribution in [3.05, 3.63) is 0 Å². The van der Waals surface area contributed by atoms with E-state index >= 15 is 0 Å². The fourth-order valence-corrected chi connectivity index (χ4v) is 53.0. The molecule has 0 aliphatic heterocycles. The molecule has 38 fully saturated rings. The van der Waals surface area contributed by atoms with Crippen LogP contribution in [0.4, 0.5) is 0 Å².